The van der Waals surface area contributed by atoms with Crippen molar-refractivity contribution in [3.8, 4) is 0 Å². The molecule has 1 saturated carbocycles. The highest BCUT2D eigenvalue weighted by Crippen LogP contribution is 2.40. The van der Waals surface area contributed by atoms with Crippen molar-refractivity contribution in [3.63, 3.8) is 0 Å². The summed E-state index contributed by atoms with van der Waals surface area (Å²) in [5.74, 6) is -0.00879. The van der Waals surface area contributed by atoms with E-state index in [9.17, 15) is 9.59 Å². The number of carbonyl (C=O) groups excluding carboxylic acids is 1. The molecule has 3 heteroatoms. The van der Waals surface area contributed by atoms with E-state index in [-0.39, 0.29) is 23.5 Å². The van der Waals surface area contributed by atoms with E-state index in [0.717, 1.165) is 12.8 Å². The van der Waals surface area contributed by atoms with Gasteiger partial charge >= 0.3 is 5.97 Å². The van der Waals surface area contributed by atoms with Crippen LogP contribution in [-0.4, -0.2) is 16.9 Å². The summed E-state index contributed by atoms with van der Waals surface area (Å²) in [6.07, 6.45) is 3.10. The largest absolute Gasteiger partial charge is 0.481 e. The first kappa shape index (κ1) is 13.2. The van der Waals surface area contributed by atoms with Gasteiger partial charge in [0.25, 0.3) is 0 Å². The lowest BCUT2D eigenvalue weighted by atomic mass is 9.68. The van der Waals surface area contributed by atoms with Crippen LogP contribution < -0.4 is 0 Å². The molecule has 92 valence electrons. The van der Waals surface area contributed by atoms with Gasteiger partial charge in [-0.2, -0.15) is 0 Å². The first-order chi connectivity index (χ1) is 7.30. The van der Waals surface area contributed by atoms with E-state index in [2.05, 4.69) is 20.8 Å². The van der Waals surface area contributed by atoms with Gasteiger partial charge in [-0.15, -0.1) is 0 Å². The summed E-state index contributed by atoms with van der Waals surface area (Å²) in [6.45, 7) is 6.59. The Kier molecular flexibility index (Phi) is 4.11. The molecule has 1 N–H and O–H groups in total. The molecule has 0 amide bonds. The quantitative estimate of drug-likeness (QED) is 0.805. The van der Waals surface area contributed by atoms with Crippen molar-refractivity contribution in [1.29, 1.82) is 0 Å². The highest BCUT2D eigenvalue weighted by Gasteiger charge is 2.34. The minimum absolute atomic E-state index is 0.0194. The molecule has 0 radical (unpaired) electrons. The van der Waals surface area contributed by atoms with Gasteiger partial charge in [-0.1, -0.05) is 20.8 Å². The Hall–Kier alpha value is -0.860. The van der Waals surface area contributed by atoms with Crippen molar-refractivity contribution in [2.24, 2.45) is 17.3 Å². The number of ketones is 1. The number of carbonyl (C=O) groups is 2. The summed E-state index contributed by atoms with van der Waals surface area (Å²) in [4.78, 5) is 22.2. The second kappa shape index (κ2) is 4.98. The predicted octanol–water partition coefficient (Wildman–Crippen LogP) is 2.88. The Labute approximate surface area is 97.2 Å². The fourth-order valence-corrected chi connectivity index (χ4v) is 2.48. The second-order valence-electron chi connectivity index (χ2n) is 5.93. The van der Waals surface area contributed by atoms with Crippen LogP contribution in [0.15, 0.2) is 0 Å². The average Bonchev–Trinajstić information content (AvgIpc) is 2.14. The van der Waals surface area contributed by atoms with Crippen molar-refractivity contribution in [1.82, 2.24) is 0 Å². The molecule has 3 nitrogen and oxygen atoms in total. The maximum Gasteiger partial charge on any atom is 0.303 e. The molecule has 1 rings (SSSR count). The molecule has 0 aromatic carbocycles. The third kappa shape index (κ3) is 3.62. The van der Waals surface area contributed by atoms with Crippen LogP contribution in [0.2, 0.25) is 0 Å². The van der Waals surface area contributed by atoms with E-state index >= 15 is 0 Å². The molecule has 0 heterocycles. The Balaban J connectivity index is 2.55. The summed E-state index contributed by atoms with van der Waals surface area (Å²) in [7, 11) is 0. The maximum absolute atomic E-state index is 11.7. The van der Waals surface area contributed by atoms with Gasteiger partial charge in [0, 0.05) is 18.8 Å². The molecule has 0 aliphatic heterocycles. The highest BCUT2D eigenvalue weighted by atomic mass is 16.4. The fraction of sp³-hybridized carbons (Fsp3) is 0.846. The molecule has 0 aromatic heterocycles. The molecule has 0 saturated heterocycles. The standard InChI is InChI=1S/C13H22O3/c1-13(2,3)10-5-6-11(14)9(8-10)4-7-12(15)16/h9-10H,4-8H2,1-3H3,(H,15,16)/t9-,10-/m1/s1. The smallest absolute Gasteiger partial charge is 0.303 e. The van der Waals surface area contributed by atoms with E-state index in [1.165, 1.54) is 0 Å². The molecule has 1 fully saturated rings. The molecule has 2 atom stereocenters. The third-order valence-corrected chi connectivity index (χ3v) is 3.69. The minimum atomic E-state index is -0.800. The topological polar surface area (TPSA) is 54.4 Å². The normalized spacial score (nSPS) is 26.8. The van der Waals surface area contributed by atoms with Gasteiger partial charge in [0.15, 0.2) is 0 Å². The van der Waals surface area contributed by atoms with Gasteiger partial charge in [-0.25, -0.2) is 0 Å². The van der Waals surface area contributed by atoms with Crippen LogP contribution in [0.25, 0.3) is 0 Å². The van der Waals surface area contributed by atoms with E-state index in [1.54, 1.807) is 0 Å². The summed E-state index contributed by atoms with van der Waals surface area (Å²) >= 11 is 0. The number of Topliss-reactive ketones (excluding diaryl/α,β-unsaturated/α-hetero) is 1. The monoisotopic (exact) mass is 226 g/mol. The number of aliphatic carboxylic acids is 1. The molecule has 0 spiro atoms. The van der Waals surface area contributed by atoms with E-state index in [1.807, 2.05) is 0 Å². The second-order valence-corrected chi connectivity index (χ2v) is 5.93. The number of carboxylic acids is 1. The zero-order chi connectivity index (χ0) is 12.3. The van der Waals surface area contributed by atoms with Gasteiger partial charge < -0.3 is 5.11 Å². The first-order valence-corrected chi connectivity index (χ1v) is 6.05. The summed E-state index contributed by atoms with van der Waals surface area (Å²) < 4.78 is 0. The number of carboxylic acid groups (broad SMARTS) is 1. The van der Waals surface area contributed by atoms with Crippen LogP contribution in [0, 0.1) is 17.3 Å². The van der Waals surface area contributed by atoms with Crippen molar-refractivity contribution >= 4 is 11.8 Å². The maximum atomic E-state index is 11.7. The third-order valence-electron chi connectivity index (χ3n) is 3.69. The number of hydrogen-bond donors (Lipinski definition) is 1. The number of hydrogen-bond acceptors (Lipinski definition) is 2. The molecule has 0 aromatic rings. The van der Waals surface area contributed by atoms with Crippen molar-refractivity contribution in [2.75, 3.05) is 0 Å². The van der Waals surface area contributed by atoms with Crippen molar-refractivity contribution in [2.45, 2.75) is 52.9 Å². The first-order valence-electron chi connectivity index (χ1n) is 6.05. The molecule has 1 aliphatic carbocycles. The number of rotatable bonds is 3. The SMILES string of the molecule is CC(C)(C)[C@@H]1CCC(=O)[C@H](CCC(=O)O)C1. The van der Waals surface area contributed by atoms with Crippen LogP contribution in [0.1, 0.15) is 52.9 Å². The van der Waals surface area contributed by atoms with Gasteiger partial charge in [0.1, 0.15) is 5.78 Å². The zero-order valence-corrected chi connectivity index (χ0v) is 10.5. The van der Waals surface area contributed by atoms with E-state index in [0.29, 0.717) is 18.8 Å². The molecule has 0 unspecified atom stereocenters. The zero-order valence-electron chi connectivity index (χ0n) is 10.5. The van der Waals surface area contributed by atoms with E-state index < -0.39 is 5.97 Å². The summed E-state index contributed by atoms with van der Waals surface area (Å²) in [6, 6.07) is 0. The lowest BCUT2D eigenvalue weighted by molar-refractivity contribution is -0.137. The van der Waals surface area contributed by atoms with E-state index in [4.69, 9.17) is 5.11 Å². The molecular formula is C13H22O3. The van der Waals surface area contributed by atoms with Gasteiger partial charge in [-0.3, -0.25) is 9.59 Å². The van der Waals surface area contributed by atoms with Gasteiger partial charge in [0.05, 0.1) is 0 Å². The molecular weight excluding hydrogens is 204 g/mol. The van der Waals surface area contributed by atoms with Gasteiger partial charge in [-0.05, 0) is 30.6 Å². The van der Waals surface area contributed by atoms with Crippen LogP contribution in [0.3, 0.4) is 0 Å². The Morgan fingerprint density at radius 2 is 2.06 bits per heavy atom. The fourth-order valence-electron chi connectivity index (χ4n) is 2.48. The predicted molar refractivity (Wildman–Crippen MR) is 62.2 cm³/mol. The van der Waals surface area contributed by atoms with Crippen LogP contribution in [0.4, 0.5) is 0 Å². The average molecular weight is 226 g/mol. The van der Waals surface area contributed by atoms with Gasteiger partial charge in [0.2, 0.25) is 0 Å². The molecule has 0 bridgehead atoms. The van der Waals surface area contributed by atoms with Crippen molar-refractivity contribution < 1.29 is 14.7 Å². The Bertz CT molecular complexity index is 275. The van der Waals surface area contributed by atoms with Crippen molar-refractivity contribution in [3.05, 3.63) is 0 Å². The Morgan fingerprint density at radius 1 is 1.44 bits per heavy atom. The lowest BCUT2D eigenvalue weighted by Crippen LogP contribution is -2.32. The molecule has 16 heavy (non-hydrogen) atoms. The van der Waals surface area contributed by atoms with Crippen LogP contribution in [-0.2, 0) is 9.59 Å². The minimum Gasteiger partial charge on any atom is -0.481 e. The Morgan fingerprint density at radius 3 is 2.56 bits per heavy atom. The highest BCUT2D eigenvalue weighted by molar-refractivity contribution is 5.82. The summed E-state index contributed by atoms with van der Waals surface area (Å²) in [5, 5.41) is 8.64. The van der Waals surface area contributed by atoms with Crippen LogP contribution >= 0.6 is 0 Å². The lowest BCUT2D eigenvalue weighted by Gasteiger charge is -2.36. The summed E-state index contributed by atoms with van der Waals surface area (Å²) in [5.41, 5.74) is 0.224. The molecule has 1 aliphatic rings. The van der Waals surface area contributed by atoms with Crippen LogP contribution in [0.5, 0.6) is 0 Å².